The van der Waals surface area contributed by atoms with Crippen molar-refractivity contribution in [3.63, 3.8) is 0 Å². The van der Waals surface area contributed by atoms with E-state index in [1.807, 2.05) is 18.7 Å². The highest BCUT2D eigenvalue weighted by Gasteiger charge is 2.16. The Morgan fingerprint density at radius 3 is 2.88 bits per heavy atom. The molecule has 0 spiro atoms. The van der Waals surface area contributed by atoms with Gasteiger partial charge in [0.15, 0.2) is 5.82 Å². The third kappa shape index (κ3) is 3.71. The highest BCUT2D eigenvalue weighted by Crippen LogP contribution is 2.30. The predicted octanol–water partition coefficient (Wildman–Crippen LogP) is 3.05. The molecule has 1 aliphatic carbocycles. The molecule has 0 radical (unpaired) electrons. The molecular formula is C12H21N3OS. The first-order valence-corrected chi connectivity index (χ1v) is 7.54. The highest BCUT2D eigenvalue weighted by molar-refractivity contribution is 7.99. The van der Waals surface area contributed by atoms with Gasteiger partial charge >= 0.3 is 0 Å². The smallest absolute Gasteiger partial charge is 0.243 e. The SMILES string of the molecule is CC[C@H](N)c1nc(CSC2CCCCC2)no1. The highest BCUT2D eigenvalue weighted by atomic mass is 32.2. The molecule has 0 saturated heterocycles. The lowest BCUT2D eigenvalue weighted by Crippen LogP contribution is -2.09. The van der Waals surface area contributed by atoms with Crippen molar-refractivity contribution in [2.24, 2.45) is 5.73 Å². The Balaban J connectivity index is 1.80. The van der Waals surface area contributed by atoms with Crippen molar-refractivity contribution >= 4 is 11.8 Å². The first kappa shape index (κ1) is 12.9. The molecule has 1 saturated carbocycles. The second-order valence-electron chi connectivity index (χ2n) is 4.63. The summed E-state index contributed by atoms with van der Waals surface area (Å²) in [5, 5.41) is 4.77. The third-order valence-electron chi connectivity index (χ3n) is 3.24. The van der Waals surface area contributed by atoms with Crippen molar-refractivity contribution < 1.29 is 4.52 Å². The van der Waals surface area contributed by atoms with Gasteiger partial charge in [-0.2, -0.15) is 16.7 Å². The number of hydrogen-bond donors (Lipinski definition) is 1. The van der Waals surface area contributed by atoms with Crippen molar-refractivity contribution in [3.8, 4) is 0 Å². The quantitative estimate of drug-likeness (QED) is 0.876. The second-order valence-corrected chi connectivity index (χ2v) is 5.92. The van der Waals surface area contributed by atoms with Crippen molar-refractivity contribution in [3.05, 3.63) is 11.7 Å². The number of nitrogens with zero attached hydrogens (tertiary/aromatic N) is 2. The molecule has 0 aromatic carbocycles. The van der Waals surface area contributed by atoms with Gasteiger partial charge in [-0.15, -0.1) is 0 Å². The van der Waals surface area contributed by atoms with Crippen LogP contribution in [0.5, 0.6) is 0 Å². The minimum Gasteiger partial charge on any atom is -0.338 e. The first-order valence-electron chi connectivity index (χ1n) is 6.49. The average molecular weight is 255 g/mol. The summed E-state index contributed by atoms with van der Waals surface area (Å²) in [7, 11) is 0. The fourth-order valence-corrected chi connectivity index (χ4v) is 3.24. The average Bonchev–Trinajstić information content (AvgIpc) is 2.85. The number of nitrogens with two attached hydrogens (primary N) is 1. The van der Waals surface area contributed by atoms with Gasteiger partial charge in [0.2, 0.25) is 5.89 Å². The van der Waals surface area contributed by atoms with Crippen molar-refractivity contribution in [2.75, 3.05) is 0 Å². The van der Waals surface area contributed by atoms with Gasteiger partial charge in [0.1, 0.15) is 0 Å². The van der Waals surface area contributed by atoms with Crippen LogP contribution in [-0.2, 0) is 5.75 Å². The van der Waals surface area contributed by atoms with Crippen LogP contribution < -0.4 is 5.73 Å². The van der Waals surface area contributed by atoms with E-state index in [1.165, 1.54) is 32.1 Å². The second kappa shape index (κ2) is 6.40. The summed E-state index contributed by atoms with van der Waals surface area (Å²) in [5.74, 6) is 2.22. The fraction of sp³-hybridized carbons (Fsp3) is 0.833. The third-order valence-corrected chi connectivity index (χ3v) is 4.61. The number of hydrogen-bond acceptors (Lipinski definition) is 5. The Labute approximate surface area is 107 Å². The minimum absolute atomic E-state index is 0.115. The van der Waals surface area contributed by atoms with Gasteiger partial charge in [-0.3, -0.25) is 0 Å². The first-order chi connectivity index (χ1) is 8.29. The monoisotopic (exact) mass is 255 g/mol. The van der Waals surface area contributed by atoms with E-state index in [9.17, 15) is 0 Å². The summed E-state index contributed by atoms with van der Waals surface area (Å²) >= 11 is 1.96. The molecule has 1 fully saturated rings. The lowest BCUT2D eigenvalue weighted by Gasteiger charge is -2.19. The summed E-state index contributed by atoms with van der Waals surface area (Å²) in [6.07, 6.45) is 7.64. The Hall–Kier alpha value is -0.550. The number of aromatic nitrogens is 2. The lowest BCUT2D eigenvalue weighted by molar-refractivity contribution is 0.349. The molecule has 0 amide bonds. The zero-order chi connectivity index (χ0) is 12.1. The van der Waals surface area contributed by atoms with Gasteiger partial charge < -0.3 is 10.3 Å². The van der Waals surface area contributed by atoms with Crippen LogP contribution in [0.15, 0.2) is 4.52 Å². The van der Waals surface area contributed by atoms with Crippen LogP contribution in [0, 0.1) is 0 Å². The van der Waals surface area contributed by atoms with Gasteiger partial charge in [0.05, 0.1) is 11.8 Å². The lowest BCUT2D eigenvalue weighted by atomic mass is 10.0. The van der Waals surface area contributed by atoms with E-state index < -0.39 is 0 Å². The fourth-order valence-electron chi connectivity index (χ4n) is 2.08. The molecule has 1 heterocycles. The van der Waals surface area contributed by atoms with Gasteiger partial charge in [0, 0.05) is 5.25 Å². The van der Waals surface area contributed by atoms with E-state index in [0.717, 1.165) is 23.2 Å². The summed E-state index contributed by atoms with van der Waals surface area (Å²) in [6, 6.07) is -0.115. The van der Waals surface area contributed by atoms with Crippen LogP contribution in [0.1, 0.15) is 63.2 Å². The van der Waals surface area contributed by atoms with Crippen LogP contribution in [0.25, 0.3) is 0 Å². The molecule has 1 aliphatic rings. The molecule has 1 atom stereocenters. The Kier molecular flexibility index (Phi) is 4.86. The minimum atomic E-state index is -0.115. The van der Waals surface area contributed by atoms with E-state index in [1.54, 1.807) is 0 Å². The zero-order valence-corrected chi connectivity index (χ0v) is 11.2. The maximum absolute atomic E-state index is 5.84. The molecule has 0 aliphatic heterocycles. The number of thioether (sulfide) groups is 1. The Bertz CT molecular complexity index is 336. The molecule has 17 heavy (non-hydrogen) atoms. The zero-order valence-electron chi connectivity index (χ0n) is 10.4. The molecule has 4 nitrogen and oxygen atoms in total. The van der Waals surface area contributed by atoms with Crippen LogP contribution in [0.4, 0.5) is 0 Å². The standard InChI is InChI=1S/C12H21N3OS/c1-2-10(13)12-14-11(15-16-12)8-17-9-6-4-3-5-7-9/h9-10H,2-8,13H2,1H3/t10-/m0/s1. The van der Waals surface area contributed by atoms with Gasteiger partial charge in [-0.25, -0.2) is 0 Å². The van der Waals surface area contributed by atoms with Crippen LogP contribution in [0.2, 0.25) is 0 Å². The molecule has 96 valence electrons. The maximum Gasteiger partial charge on any atom is 0.243 e. The van der Waals surface area contributed by atoms with Gasteiger partial charge in [-0.1, -0.05) is 31.3 Å². The van der Waals surface area contributed by atoms with Gasteiger partial charge in [0.25, 0.3) is 0 Å². The predicted molar refractivity (Wildman–Crippen MR) is 69.7 cm³/mol. The normalized spacial score (nSPS) is 19.4. The molecule has 0 unspecified atom stereocenters. The summed E-state index contributed by atoms with van der Waals surface area (Å²) in [5.41, 5.74) is 5.84. The molecule has 1 aromatic heterocycles. The molecule has 0 bridgehead atoms. The molecular weight excluding hydrogens is 234 g/mol. The number of rotatable bonds is 5. The maximum atomic E-state index is 5.84. The molecule has 5 heteroatoms. The van der Waals surface area contributed by atoms with E-state index in [4.69, 9.17) is 10.3 Å². The summed E-state index contributed by atoms with van der Waals surface area (Å²) in [6.45, 7) is 2.02. The van der Waals surface area contributed by atoms with Crippen LogP contribution >= 0.6 is 11.8 Å². The molecule has 1 aromatic rings. The van der Waals surface area contributed by atoms with Gasteiger partial charge in [-0.05, 0) is 19.3 Å². The van der Waals surface area contributed by atoms with E-state index in [2.05, 4.69) is 10.1 Å². The van der Waals surface area contributed by atoms with E-state index >= 15 is 0 Å². The van der Waals surface area contributed by atoms with Crippen LogP contribution in [0.3, 0.4) is 0 Å². The van der Waals surface area contributed by atoms with E-state index in [-0.39, 0.29) is 6.04 Å². The van der Waals surface area contributed by atoms with Crippen molar-refractivity contribution in [1.29, 1.82) is 0 Å². The summed E-state index contributed by atoms with van der Waals surface area (Å²) < 4.78 is 5.16. The van der Waals surface area contributed by atoms with Crippen LogP contribution in [-0.4, -0.2) is 15.4 Å². The van der Waals surface area contributed by atoms with Crippen molar-refractivity contribution in [2.45, 2.75) is 62.5 Å². The Morgan fingerprint density at radius 2 is 2.18 bits per heavy atom. The molecule has 2 rings (SSSR count). The largest absolute Gasteiger partial charge is 0.338 e. The van der Waals surface area contributed by atoms with Crippen molar-refractivity contribution in [1.82, 2.24) is 10.1 Å². The topological polar surface area (TPSA) is 64.9 Å². The van der Waals surface area contributed by atoms with E-state index in [0.29, 0.717) is 5.89 Å². The Morgan fingerprint density at radius 1 is 1.41 bits per heavy atom. The summed E-state index contributed by atoms with van der Waals surface area (Å²) in [4.78, 5) is 4.34. The molecule has 2 N–H and O–H groups in total.